The molecule has 0 fully saturated rings. The Hall–Kier alpha value is -3.17. The second kappa shape index (κ2) is 7.83. The van der Waals surface area contributed by atoms with E-state index in [1.165, 1.54) is 6.20 Å². The molecule has 3 rings (SSSR count). The van der Waals surface area contributed by atoms with E-state index >= 15 is 0 Å². The van der Waals surface area contributed by atoms with Crippen LogP contribution in [0, 0.1) is 5.92 Å². The maximum Gasteiger partial charge on any atom is 0.405 e. The van der Waals surface area contributed by atoms with Gasteiger partial charge in [-0.15, -0.1) is 0 Å². The van der Waals surface area contributed by atoms with E-state index in [0.29, 0.717) is 17.3 Å². The molecule has 10 heteroatoms. The van der Waals surface area contributed by atoms with Crippen LogP contribution in [0.25, 0.3) is 22.4 Å². The van der Waals surface area contributed by atoms with Gasteiger partial charge in [0.25, 0.3) is 0 Å². The number of aromatic amines is 1. The molecule has 1 amide bonds. The molecular formula is C18H19F3N6O. The zero-order chi connectivity index (χ0) is 20.3. The van der Waals surface area contributed by atoms with E-state index in [0.717, 1.165) is 10.9 Å². The molecule has 3 heterocycles. The lowest BCUT2D eigenvalue weighted by Crippen LogP contribution is -2.46. The SMILES string of the molecule is CC(C)[C@@H](Nc1ccnc(-c2c[nH]c3ncccc23)n1)C(=O)NCC(F)(F)F. The molecule has 0 bridgehead atoms. The topological polar surface area (TPSA) is 95.6 Å². The zero-order valence-electron chi connectivity index (χ0n) is 15.2. The number of aromatic nitrogens is 4. The standard InChI is InChI=1S/C18H19F3N6O/c1-10(2)14(17(28)25-9-18(19,20)21)26-13-5-7-23-16(27-13)12-8-24-15-11(12)4-3-6-22-15/h3-8,10,14H,9H2,1-2H3,(H,22,24)(H,25,28)(H,23,26,27)/t14-/m1/s1. The van der Waals surface area contributed by atoms with Gasteiger partial charge in [-0.2, -0.15) is 13.2 Å². The number of carbonyl (C=O) groups is 1. The number of hydrogen-bond donors (Lipinski definition) is 3. The molecule has 0 spiro atoms. The third-order valence-electron chi connectivity index (χ3n) is 4.06. The van der Waals surface area contributed by atoms with Crippen molar-refractivity contribution in [3.63, 3.8) is 0 Å². The monoisotopic (exact) mass is 392 g/mol. The fraction of sp³-hybridized carbons (Fsp3) is 0.333. The van der Waals surface area contributed by atoms with Crippen molar-refractivity contribution >= 4 is 22.8 Å². The van der Waals surface area contributed by atoms with Crippen LogP contribution in [0.5, 0.6) is 0 Å². The second-order valence-corrected chi connectivity index (χ2v) is 6.57. The van der Waals surface area contributed by atoms with Crippen LogP contribution in [0.4, 0.5) is 19.0 Å². The zero-order valence-corrected chi connectivity index (χ0v) is 15.2. The normalized spacial score (nSPS) is 12.9. The number of halogens is 3. The van der Waals surface area contributed by atoms with Crippen LogP contribution in [0.15, 0.2) is 36.8 Å². The summed E-state index contributed by atoms with van der Waals surface area (Å²) in [5, 5.41) is 5.65. The van der Waals surface area contributed by atoms with Gasteiger partial charge in [0.1, 0.15) is 24.1 Å². The molecule has 0 radical (unpaired) electrons. The Labute approximate surface area is 158 Å². The Bertz CT molecular complexity index is 969. The molecule has 3 aromatic heterocycles. The van der Waals surface area contributed by atoms with Crippen LogP contribution in [0.3, 0.4) is 0 Å². The first kappa shape index (κ1) is 19.6. The molecule has 0 aliphatic carbocycles. The lowest BCUT2D eigenvalue weighted by Gasteiger charge is -2.22. The van der Waals surface area contributed by atoms with Crippen LogP contribution in [-0.4, -0.2) is 44.6 Å². The number of fused-ring (bicyclic) bond motifs is 1. The van der Waals surface area contributed by atoms with Gasteiger partial charge in [0.05, 0.1) is 0 Å². The number of H-pyrrole nitrogens is 1. The summed E-state index contributed by atoms with van der Waals surface area (Å²) in [6.45, 7) is 2.09. The van der Waals surface area contributed by atoms with Gasteiger partial charge in [0, 0.05) is 29.5 Å². The van der Waals surface area contributed by atoms with E-state index in [2.05, 4.69) is 25.3 Å². The van der Waals surface area contributed by atoms with Gasteiger partial charge in [0.2, 0.25) is 5.91 Å². The van der Waals surface area contributed by atoms with Crippen LogP contribution < -0.4 is 10.6 Å². The highest BCUT2D eigenvalue weighted by molar-refractivity contribution is 5.91. The maximum atomic E-state index is 12.4. The summed E-state index contributed by atoms with van der Waals surface area (Å²) in [6, 6.07) is 4.35. The molecule has 0 aliphatic rings. The summed E-state index contributed by atoms with van der Waals surface area (Å²) in [5.41, 5.74) is 1.42. The first-order chi connectivity index (χ1) is 13.2. The van der Waals surface area contributed by atoms with E-state index in [1.807, 2.05) is 11.4 Å². The van der Waals surface area contributed by atoms with E-state index in [1.54, 1.807) is 38.4 Å². The molecule has 0 saturated heterocycles. The summed E-state index contributed by atoms with van der Waals surface area (Å²) in [6.07, 6.45) is 0.439. The second-order valence-electron chi connectivity index (χ2n) is 6.57. The van der Waals surface area contributed by atoms with Crippen molar-refractivity contribution in [2.45, 2.75) is 26.1 Å². The Morgan fingerprint density at radius 2 is 2.00 bits per heavy atom. The number of rotatable bonds is 6. The Morgan fingerprint density at radius 3 is 2.71 bits per heavy atom. The van der Waals surface area contributed by atoms with Gasteiger partial charge in [0.15, 0.2) is 5.82 Å². The summed E-state index contributed by atoms with van der Waals surface area (Å²) in [7, 11) is 0. The third-order valence-corrected chi connectivity index (χ3v) is 4.06. The highest BCUT2D eigenvalue weighted by Gasteiger charge is 2.30. The van der Waals surface area contributed by atoms with Gasteiger partial charge < -0.3 is 15.6 Å². The van der Waals surface area contributed by atoms with Crippen LogP contribution in [-0.2, 0) is 4.79 Å². The van der Waals surface area contributed by atoms with Gasteiger partial charge in [-0.3, -0.25) is 4.79 Å². The van der Waals surface area contributed by atoms with Crippen LogP contribution in [0.1, 0.15) is 13.8 Å². The number of alkyl halides is 3. The van der Waals surface area contributed by atoms with Crippen molar-refractivity contribution in [1.29, 1.82) is 0 Å². The number of hydrogen-bond acceptors (Lipinski definition) is 5. The molecule has 3 N–H and O–H groups in total. The van der Waals surface area contributed by atoms with Gasteiger partial charge in [-0.1, -0.05) is 13.8 Å². The number of amides is 1. The molecule has 7 nitrogen and oxygen atoms in total. The molecular weight excluding hydrogens is 373 g/mol. The quantitative estimate of drug-likeness (QED) is 0.599. The third kappa shape index (κ3) is 4.56. The molecule has 0 saturated carbocycles. The fourth-order valence-electron chi connectivity index (χ4n) is 2.70. The fourth-order valence-corrected chi connectivity index (χ4v) is 2.70. The van der Waals surface area contributed by atoms with Crippen molar-refractivity contribution < 1.29 is 18.0 Å². The van der Waals surface area contributed by atoms with Crippen molar-refractivity contribution in [3.8, 4) is 11.4 Å². The molecule has 28 heavy (non-hydrogen) atoms. The van der Waals surface area contributed by atoms with E-state index in [-0.39, 0.29) is 5.92 Å². The molecule has 0 unspecified atom stereocenters. The van der Waals surface area contributed by atoms with Gasteiger partial charge in [-0.25, -0.2) is 15.0 Å². The minimum absolute atomic E-state index is 0.260. The average Bonchev–Trinajstić information content (AvgIpc) is 3.08. The van der Waals surface area contributed by atoms with Crippen LogP contribution >= 0.6 is 0 Å². The average molecular weight is 392 g/mol. The number of nitrogens with zero attached hydrogens (tertiary/aromatic N) is 3. The van der Waals surface area contributed by atoms with E-state index < -0.39 is 24.7 Å². The Morgan fingerprint density at radius 1 is 1.21 bits per heavy atom. The van der Waals surface area contributed by atoms with Gasteiger partial charge >= 0.3 is 6.18 Å². The van der Waals surface area contributed by atoms with Gasteiger partial charge in [-0.05, 0) is 24.1 Å². The minimum atomic E-state index is -4.47. The first-order valence-electron chi connectivity index (χ1n) is 8.61. The summed E-state index contributed by atoms with van der Waals surface area (Å²) in [5.74, 6) is -0.265. The first-order valence-corrected chi connectivity index (χ1v) is 8.61. The van der Waals surface area contributed by atoms with E-state index in [9.17, 15) is 18.0 Å². The maximum absolute atomic E-state index is 12.4. The minimum Gasteiger partial charge on any atom is -0.358 e. The predicted octanol–water partition coefficient (Wildman–Crippen LogP) is 3.13. The lowest BCUT2D eigenvalue weighted by molar-refractivity contribution is -0.139. The van der Waals surface area contributed by atoms with Crippen molar-refractivity contribution in [2.75, 3.05) is 11.9 Å². The van der Waals surface area contributed by atoms with Crippen LogP contribution in [0.2, 0.25) is 0 Å². The van der Waals surface area contributed by atoms with Crippen molar-refractivity contribution in [3.05, 3.63) is 36.8 Å². The summed E-state index contributed by atoms with van der Waals surface area (Å²) < 4.78 is 37.1. The Balaban J connectivity index is 1.81. The van der Waals surface area contributed by atoms with Crippen molar-refractivity contribution in [1.82, 2.24) is 25.3 Å². The molecule has 0 aliphatic heterocycles. The van der Waals surface area contributed by atoms with Crippen molar-refractivity contribution in [2.24, 2.45) is 5.92 Å². The number of nitrogens with one attached hydrogen (secondary N) is 3. The lowest BCUT2D eigenvalue weighted by atomic mass is 10.0. The molecule has 1 atom stereocenters. The number of pyridine rings is 1. The largest absolute Gasteiger partial charge is 0.405 e. The molecule has 148 valence electrons. The summed E-state index contributed by atoms with van der Waals surface area (Å²) >= 11 is 0. The highest BCUT2D eigenvalue weighted by atomic mass is 19.4. The predicted molar refractivity (Wildman–Crippen MR) is 98.4 cm³/mol. The van der Waals surface area contributed by atoms with E-state index in [4.69, 9.17) is 0 Å². The highest BCUT2D eigenvalue weighted by Crippen LogP contribution is 2.25. The Kier molecular flexibility index (Phi) is 5.48. The molecule has 0 aromatic carbocycles. The number of carbonyl (C=O) groups excluding carboxylic acids is 1. The number of anilines is 1. The summed E-state index contributed by atoms with van der Waals surface area (Å²) in [4.78, 5) is 28.1. The molecule has 3 aromatic rings. The smallest absolute Gasteiger partial charge is 0.358 e.